The fraction of sp³-hybridized carbons (Fsp3) is 0.333. The molecule has 0 fully saturated rings. The maximum absolute atomic E-state index is 10.6. The minimum atomic E-state index is -0.458. The highest BCUT2D eigenvalue weighted by Crippen LogP contribution is 2.31. The molecule has 0 spiro atoms. The number of nitro benzene ring substituents is 1. The molecule has 90 valence electrons. The van der Waals surface area contributed by atoms with E-state index >= 15 is 0 Å². The number of non-ortho nitro benzene ring substituents is 1. The topological polar surface area (TPSA) is 52.4 Å². The van der Waals surface area contributed by atoms with Crippen molar-refractivity contribution in [3.05, 3.63) is 45.5 Å². The van der Waals surface area contributed by atoms with Crippen LogP contribution in [-0.2, 0) is 0 Å². The molecule has 0 saturated heterocycles. The summed E-state index contributed by atoms with van der Waals surface area (Å²) in [6.07, 6.45) is 7.02. The Labute approximate surface area is 104 Å². The van der Waals surface area contributed by atoms with E-state index < -0.39 is 4.92 Å². The number of benzene rings is 1. The Balaban J connectivity index is 2.19. The van der Waals surface area contributed by atoms with Crippen LogP contribution in [-0.4, -0.2) is 11.0 Å². The lowest BCUT2D eigenvalue weighted by Crippen LogP contribution is -2.15. The molecule has 4 nitrogen and oxygen atoms in total. The average Bonchev–Trinajstić information content (AvgIpc) is 2.33. The summed E-state index contributed by atoms with van der Waals surface area (Å²) < 4.78 is 5.65. The van der Waals surface area contributed by atoms with E-state index in [9.17, 15) is 10.1 Å². The lowest BCUT2D eigenvalue weighted by atomic mass is 10.1. The van der Waals surface area contributed by atoms with E-state index in [4.69, 9.17) is 16.3 Å². The number of halogens is 1. The van der Waals surface area contributed by atoms with Crippen LogP contribution in [0.2, 0.25) is 5.02 Å². The molecule has 17 heavy (non-hydrogen) atoms. The number of rotatable bonds is 3. The summed E-state index contributed by atoms with van der Waals surface area (Å²) in [5, 5.41) is 11.0. The van der Waals surface area contributed by atoms with Crippen molar-refractivity contribution in [1.82, 2.24) is 0 Å². The quantitative estimate of drug-likeness (QED) is 0.468. The van der Waals surface area contributed by atoms with E-state index in [2.05, 4.69) is 6.08 Å². The zero-order valence-corrected chi connectivity index (χ0v) is 9.89. The van der Waals surface area contributed by atoms with E-state index in [0.717, 1.165) is 19.3 Å². The monoisotopic (exact) mass is 253 g/mol. The van der Waals surface area contributed by atoms with Crippen molar-refractivity contribution in [2.45, 2.75) is 25.4 Å². The summed E-state index contributed by atoms with van der Waals surface area (Å²) >= 11 is 5.95. The van der Waals surface area contributed by atoms with Gasteiger partial charge in [-0.05, 0) is 31.4 Å². The molecule has 1 atom stereocenters. The number of hydrogen-bond acceptors (Lipinski definition) is 3. The van der Waals surface area contributed by atoms with Crippen molar-refractivity contribution in [2.24, 2.45) is 0 Å². The SMILES string of the molecule is O=[N+]([O-])c1ccc(Cl)c(OC2C=CCCC2)c1. The van der Waals surface area contributed by atoms with Crippen LogP contribution in [0.3, 0.4) is 0 Å². The smallest absolute Gasteiger partial charge is 0.273 e. The number of nitro groups is 1. The Morgan fingerprint density at radius 3 is 2.94 bits per heavy atom. The molecule has 0 saturated carbocycles. The van der Waals surface area contributed by atoms with Crippen LogP contribution in [0.1, 0.15) is 19.3 Å². The third kappa shape index (κ3) is 2.97. The first-order chi connectivity index (χ1) is 8.16. The number of allylic oxidation sites excluding steroid dienone is 1. The molecule has 1 unspecified atom stereocenters. The molecule has 0 N–H and O–H groups in total. The fourth-order valence-electron chi connectivity index (χ4n) is 1.74. The third-order valence-electron chi connectivity index (χ3n) is 2.61. The molecule has 1 aromatic carbocycles. The second kappa shape index (κ2) is 5.19. The number of ether oxygens (including phenoxy) is 1. The summed E-state index contributed by atoms with van der Waals surface area (Å²) in [5.74, 6) is 0.373. The van der Waals surface area contributed by atoms with Crippen molar-refractivity contribution in [3.8, 4) is 5.75 Å². The van der Waals surface area contributed by atoms with Gasteiger partial charge in [0, 0.05) is 6.07 Å². The van der Waals surface area contributed by atoms with Gasteiger partial charge >= 0.3 is 0 Å². The first-order valence-electron chi connectivity index (χ1n) is 5.44. The van der Waals surface area contributed by atoms with Crippen LogP contribution in [0.15, 0.2) is 30.4 Å². The summed E-state index contributed by atoms with van der Waals surface area (Å²) in [4.78, 5) is 10.2. The molecule has 0 amide bonds. The van der Waals surface area contributed by atoms with Gasteiger partial charge < -0.3 is 4.74 Å². The van der Waals surface area contributed by atoms with Crippen molar-refractivity contribution in [2.75, 3.05) is 0 Å². The van der Waals surface area contributed by atoms with Gasteiger partial charge in [0.2, 0.25) is 0 Å². The highest BCUT2D eigenvalue weighted by Gasteiger charge is 2.15. The van der Waals surface area contributed by atoms with Gasteiger partial charge in [-0.1, -0.05) is 17.7 Å². The minimum Gasteiger partial charge on any atom is -0.485 e. The fourth-order valence-corrected chi connectivity index (χ4v) is 1.90. The molecule has 0 radical (unpaired) electrons. The molecule has 1 aromatic rings. The Kier molecular flexibility index (Phi) is 3.64. The van der Waals surface area contributed by atoms with Crippen molar-refractivity contribution < 1.29 is 9.66 Å². The first kappa shape index (κ1) is 11.9. The predicted octanol–water partition coefficient (Wildman–Crippen LogP) is 3.74. The zero-order chi connectivity index (χ0) is 12.3. The summed E-state index contributed by atoms with van der Waals surface area (Å²) in [6.45, 7) is 0. The standard InChI is InChI=1S/C12H12ClNO3/c13-11-7-6-9(14(15)16)8-12(11)17-10-4-2-1-3-5-10/h2,4,6-8,10H,1,3,5H2. The molecular weight excluding hydrogens is 242 g/mol. The van der Waals surface area contributed by atoms with Gasteiger partial charge in [-0.25, -0.2) is 0 Å². The van der Waals surface area contributed by atoms with Gasteiger partial charge in [0.25, 0.3) is 5.69 Å². The normalized spacial score (nSPS) is 19.0. The van der Waals surface area contributed by atoms with Crippen LogP contribution >= 0.6 is 11.6 Å². The molecule has 0 heterocycles. The van der Waals surface area contributed by atoms with Gasteiger partial charge in [-0.15, -0.1) is 0 Å². The molecule has 0 bridgehead atoms. The molecular formula is C12H12ClNO3. The van der Waals surface area contributed by atoms with Gasteiger partial charge in [-0.3, -0.25) is 10.1 Å². The predicted molar refractivity (Wildman–Crippen MR) is 65.5 cm³/mol. The van der Waals surface area contributed by atoms with E-state index in [1.54, 1.807) is 0 Å². The maximum atomic E-state index is 10.6. The van der Waals surface area contributed by atoms with Crippen molar-refractivity contribution >= 4 is 17.3 Å². The lowest BCUT2D eigenvalue weighted by molar-refractivity contribution is -0.384. The summed E-state index contributed by atoms with van der Waals surface area (Å²) in [7, 11) is 0. The molecule has 5 heteroatoms. The van der Waals surface area contributed by atoms with Gasteiger partial charge in [0.15, 0.2) is 0 Å². The maximum Gasteiger partial charge on any atom is 0.273 e. The number of hydrogen-bond donors (Lipinski definition) is 0. The van der Waals surface area contributed by atoms with Crippen LogP contribution in [0.25, 0.3) is 0 Å². The second-order valence-corrected chi connectivity index (χ2v) is 4.29. The Hall–Kier alpha value is -1.55. The molecule has 2 rings (SSSR count). The van der Waals surface area contributed by atoms with Crippen molar-refractivity contribution in [3.63, 3.8) is 0 Å². The number of nitrogens with zero attached hydrogens (tertiary/aromatic N) is 1. The highest BCUT2D eigenvalue weighted by atomic mass is 35.5. The van der Waals surface area contributed by atoms with E-state index in [1.807, 2.05) is 6.08 Å². The zero-order valence-electron chi connectivity index (χ0n) is 9.14. The van der Waals surface area contributed by atoms with E-state index in [-0.39, 0.29) is 11.8 Å². The van der Waals surface area contributed by atoms with E-state index in [0.29, 0.717) is 10.8 Å². The van der Waals surface area contributed by atoms with Crippen LogP contribution in [0.4, 0.5) is 5.69 Å². The highest BCUT2D eigenvalue weighted by molar-refractivity contribution is 6.32. The minimum absolute atomic E-state index is 0.0100. The summed E-state index contributed by atoms with van der Waals surface area (Å²) in [5.41, 5.74) is -0.0100. The van der Waals surface area contributed by atoms with E-state index in [1.165, 1.54) is 18.2 Å². The van der Waals surface area contributed by atoms with Gasteiger partial charge in [0.05, 0.1) is 16.0 Å². The largest absolute Gasteiger partial charge is 0.485 e. The van der Waals surface area contributed by atoms with Crippen LogP contribution in [0.5, 0.6) is 5.75 Å². The molecule has 0 aliphatic heterocycles. The Morgan fingerprint density at radius 2 is 2.29 bits per heavy atom. The Morgan fingerprint density at radius 1 is 1.47 bits per heavy atom. The van der Waals surface area contributed by atoms with Crippen LogP contribution < -0.4 is 4.74 Å². The van der Waals surface area contributed by atoms with Crippen LogP contribution in [0, 0.1) is 10.1 Å². The average molecular weight is 254 g/mol. The van der Waals surface area contributed by atoms with Crippen molar-refractivity contribution in [1.29, 1.82) is 0 Å². The van der Waals surface area contributed by atoms with Gasteiger partial charge in [0.1, 0.15) is 11.9 Å². The van der Waals surface area contributed by atoms with Gasteiger partial charge in [-0.2, -0.15) is 0 Å². The second-order valence-electron chi connectivity index (χ2n) is 3.89. The third-order valence-corrected chi connectivity index (χ3v) is 2.93. The molecule has 1 aliphatic rings. The molecule has 0 aromatic heterocycles. The lowest BCUT2D eigenvalue weighted by Gasteiger charge is -2.18. The Bertz CT molecular complexity index is 459. The summed E-state index contributed by atoms with van der Waals surface area (Å²) in [6, 6.07) is 4.22. The molecule has 1 aliphatic carbocycles. The first-order valence-corrected chi connectivity index (χ1v) is 5.82.